The topological polar surface area (TPSA) is 78.7 Å². The first-order valence-corrected chi connectivity index (χ1v) is 9.65. The summed E-state index contributed by atoms with van der Waals surface area (Å²) >= 11 is 1.26. The van der Waals surface area contributed by atoms with Gasteiger partial charge in [0.1, 0.15) is 5.75 Å². The third-order valence-electron chi connectivity index (χ3n) is 4.21. The summed E-state index contributed by atoms with van der Waals surface area (Å²) in [4.78, 5) is 23.4. The number of ether oxygens (including phenoxy) is 2. The Morgan fingerprint density at radius 1 is 1.28 bits per heavy atom. The van der Waals surface area contributed by atoms with Crippen molar-refractivity contribution in [3.05, 3.63) is 63.7 Å². The number of alkyl halides is 3. The number of carbonyl (C=O) groups excluding carboxylic acids is 1. The van der Waals surface area contributed by atoms with Gasteiger partial charge in [0.15, 0.2) is 0 Å². The molecule has 2 aromatic carbocycles. The summed E-state index contributed by atoms with van der Waals surface area (Å²) in [6.45, 7) is 0.674. The molecule has 0 spiro atoms. The zero-order valence-corrected chi connectivity index (χ0v) is 15.8. The van der Waals surface area contributed by atoms with Crippen LogP contribution in [0.15, 0.2) is 47.4 Å². The summed E-state index contributed by atoms with van der Waals surface area (Å²) in [7, 11) is 0. The second-order valence-electron chi connectivity index (χ2n) is 6.30. The summed E-state index contributed by atoms with van der Waals surface area (Å²) in [5, 5.41) is 11.4. The molecule has 3 rings (SSSR count). The minimum atomic E-state index is -4.58. The Morgan fingerprint density at radius 3 is 2.72 bits per heavy atom. The molecule has 0 aromatic heterocycles. The molecule has 1 aliphatic heterocycles. The lowest BCUT2D eigenvalue weighted by molar-refractivity contribution is -0.387. The van der Waals surface area contributed by atoms with Gasteiger partial charge in [-0.1, -0.05) is 6.07 Å². The number of nitro benzene ring substituents is 1. The second kappa shape index (κ2) is 8.83. The Kier molecular flexibility index (Phi) is 6.43. The fourth-order valence-electron chi connectivity index (χ4n) is 2.77. The normalized spacial score (nSPS) is 16.6. The molecule has 1 saturated heterocycles. The van der Waals surface area contributed by atoms with Crippen LogP contribution in [0.2, 0.25) is 0 Å². The zero-order chi connectivity index (χ0) is 21.0. The van der Waals surface area contributed by atoms with E-state index in [0.717, 1.165) is 31.0 Å². The maximum atomic E-state index is 12.8. The molecule has 0 aliphatic carbocycles. The molecule has 0 N–H and O–H groups in total. The number of hydrogen-bond donors (Lipinski definition) is 0. The van der Waals surface area contributed by atoms with E-state index in [1.807, 2.05) is 0 Å². The van der Waals surface area contributed by atoms with E-state index in [0.29, 0.717) is 23.3 Å². The van der Waals surface area contributed by atoms with E-state index in [9.17, 15) is 28.1 Å². The van der Waals surface area contributed by atoms with Crippen LogP contribution < -0.4 is 4.74 Å². The van der Waals surface area contributed by atoms with Gasteiger partial charge in [0.2, 0.25) is 0 Å². The van der Waals surface area contributed by atoms with Gasteiger partial charge in [-0.25, -0.2) is 4.79 Å². The molecule has 29 heavy (non-hydrogen) atoms. The van der Waals surface area contributed by atoms with Crippen molar-refractivity contribution in [1.29, 1.82) is 0 Å². The first-order valence-electron chi connectivity index (χ1n) is 8.66. The van der Waals surface area contributed by atoms with Gasteiger partial charge in [-0.3, -0.25) is 10.1 Å². The summed E-state index contributed by atoms with van der Waals surface area (Å²) in [5.41, 5.74) is -1.36. The van der Waals surface area contributed by atoms with E-state index in [2.05, 4.69) is 0 Å². The highest BCUT2D eigenvalue weighted by Gasteiger charge is 2.31. The van der Waals surface area contributed by atoms with Crippen LogP contribution in [0, 0.1) is 10.1 Å². The van der Waals surface area contributed by atoms with E-state index >= 15 is 0 Å². The van der Waals surface area contributed by atoms with Crippen LogP contribution in [0.1, 0.15) is 28.8 Å². The first-order chi connectivity index (χ1) is 13.7. The van der Waals surface area contributed by atoms with Crippen LogP contribution in [-0.4, -0.2) is 29.4 Å². The van der Waals surface area contributed by atoms with Crippen LogP contribution in [0.5, 0.6) is 5.75 Å². The molecule has 6 nitrogen and oxygen atoms in total. The zero-order valence-electron chi connectivity index (χ0n) is 15.0. The maximum absolute atomic E-state index is 12.8. The number of hydrogen-bond acceptors (Lipinski definition) is 6. The van der Waals surface area contributed by atoms with Crippen LogP contribution in [-0.2, 0) is 10.9 Å². The van der Waals surface area contributed by atoms with Crippen LogP contribution in [0.4, 0.5) is 18.9 Å². The highest BCUT2D eigenvalue weighted by molar-refractivity contribution is 7.99. The van der Waals surface area contributed by atoms with Gasteiger partial charge < -0.3 is 9.47 Å². The molecule has 2 aromatic rings. The molecule has 0 saturated carbocycles. The number of nitrogens with zero attached hydrogens (tertiary/aromatic N) is 1. The van der Waals surface area contributed by atoms with E-state index in [1.165, 1.54) is 30.0 Å². The van der Waals surface area contributed by atoms with Crippen LogP contribution in [0.25, 0.3) is 0 Å². The van der Waals surface area contributed by atoms with Crippen molar-refractivity contribution in [2.24, 2.45) is 0 Å². The van der Waals surface area contributed by atoms with Gasteiger partial charge in [-0.2, -0.15) is 13.2 Å². The van der Waals surface area contributed by atoms with Gasteiger partial charge in [0.05, 0.1) is 27.0 Å². The quantitative estimate of drug-likeness (QED) is 0.210. The highest BCUT2D eigenvalue weighted by atomic mass is 32.2. The van der Waals surface area contributed by atoms with Gasteiger partial charge >= 0.3 is 12.1 Å². The first kappa shape index (κ1) is 21.1. The van der Waals surface area contributed by atoms with Gasteiger partial charge in [-0.05, 0) is 43.2 Å². The number of halogens is 3. The molecule has 10 heteroatoms. The Morgan fingerprint density at radius 2 is 2.07 bits per heavy atom. The number of benzene rings is 2. The second-order valence-corrected chi connectivity index (χ2v) is 7.36. The third-order valence-corrected chi connectivity index (χ3v) is 5.41. The minimum absolute atomic E-state index is 0.0326. The van der Waals surface area contributed by atoms with Crippen molar-refractivity contribution in [3.63, 3.8) is 0 Å². The molecule has 0 radical (unpaired) electrons. The maximum Gasteiger partial charge on any atom is 0.416 e. The molecule has 1 atom stereocenters. The SMILES string of the molecule is O=C(Oc1cccc(C(F)(F)F)c1)c1ccc(SC[C@@H]2CCCO2)c([N+](=O)[O-])c1. The summed E-state index contributed by atoms with van der Waals surface area (Å²) in [5.74, 6) is -0.734. The molecule has 0 unspecified atom stereocenters. The molecular weight excluding hydrogens is 411 g/mol. The van der Waals surface area contributed by atoms with Crippen molar-refractivity contribution in [2.75, 3.05) is 12.4 Å². The fourth-order valence-corrected chi connectivity index (χ4v) is 3.84. The van der Waals surface area contributed by atoms with Crippen molar-refractivity contribution in [3.8, 4) is 5.75 Å². The van der Waals surface area contributed by atoms with Gasteiger partial charge in [-0.15, -0.1) is 11.8 Å². The van der Waals surface area contributed by atoms with E-state index in [1.54, 1.807) is 0 Å². The van der Waals surface area contributed by atoms with E-state index in [4.69, 9.17) is 9.47 Å². The molecule has 1 heterocycles. The van der Waals surface area contributed by atoms with Crippen molar-refractivity contribution in [2.45, 2.75) is 30.0 Å². The minimum Gasteiger partial charge on any atom is -0.423 e. The number of nitro groups is 1. The molecule has 0 amide bonds. The van der Waals surface area contributed by atoms with E-state index < -0.39 is 22.6 Å². The standard InChI is InChI=1S/C19H16F3NO5S/c20-19(21,22)13-3-1-4-14(10-13)28-18(24)12-6-7-17(16(9-12)23(25)26)29-11-15-5-2-8-27-15/h1,3-4,6-7,9-10,15H,2,5,8,11H2/t15-/m0/s1. The molecule has 0 bridgehead atoms. The van der Waals surface area contributed by atoms with Crippen LogP contribution in [0.3, 0.4) is 0 Å². The number of esters is 1. The van der Waals surface area contributed by atoms with Crippen molar-refractivity contribution < 1.29 is 32.4 Å². The fraction of sp³-hybridized carbons (Fsp3) is 0.316. The van der Waals surface area contributed by atoms with Gasteiger partial charge in [0.25, 0.3) is 5.69 Å². The summed E-state index contributed by atoms with van der Waals surface area (Å²) < 4.78 is 48.8. The number of rotatable bonds is 6. The Balaban J connectivity index is 1.75. The third kappa shape index (κ3) is 5.48. The lowest BCUT2D eigenvalue weighted by atomic mass is 10.2. The molecule has 1 aliphatic rings. The Labute approximate surface area is 168 Å². The average molecular weight is 427 g/mol. The van der Waals surface area contributed by atoms with E-state index in [-0.39, 0.29) is 23.1 Å². The largest absolute Gasteiger partial charge is 0.423 e. The van der Waals surface area contributed by atoms with Crippen LogP contribution >= 0.6 is 11.8 Å². The highest BCUT2D eigenvalue weighted by Crippen LogP contribution is 2.33. The predicted molar refractivity (Wildman–Crippen MR) is 99.2 cm³/mol. The summed E-state index contributed by atoms with van der Waals surface area (Å²) in [6.07, 6.45) is -2.70. The lowest BCUT2D eigenvalue weighted by Gasteiger charge is -2.11. The molecular formula is C19H16F3NO5S. The number of carbonyl (C=O) groups is 1. The lowest BCUT2D eigenvalue weighted by Crippen LogP contribution is -2.11. The molecule has 154 valence electrons. The Bertz CT molecular complexity index is 913. The predicted octanol–water partition coefficient (Wildman–Crippen LogP) is 5.10. The average Bonchev–Trinajstić information content (AvgIpc) is 3.19. The Hall–Kier alpha value is -2.59. The monoisotopic (exact) mass is 427 g/mol. The van der Waals surface area contributed by atoms with Gasteiger partial charge in [0, 0.05) is 18.4 Å². The van der Waals surface area contributed by atoms with Crippen molar-refractivity contribution >= 4 is 23.4 Å². The smallest absolute Gasteiger partial charge is 0.416 e. The van der Waals surface area contributed by atoms with Crippen molar-refractivity contribution in [1.82, 2.24) is 0 Å². The molecule has 1 fully saturated rings. The number of thioether (sulfide) groups is 1. The summed E-state index contributed by atoms with van der Waals surface area (Å²) in [6, 6.07) is 7.70.